The standard InChI is InChI=1S/C12H24N2O3S/c15-9-12-6-2-1-3-8-14(12)18(16,17)10-11-5-4-7-13-11/h11-13,15H,1-10H2. The molecule has 5 nitrogen and oxygen atoms in total. The third-order valence-electron chi connectivity index (χ3n) is 3.97. The fourth-order valence-corrected chi connectivity index (χ4v) is 4.97. The molecule has 2 fully saturated rings. The molecule has 0 bridgehead atoms. The van der Waals surface area contributed by atoms with E-state index in [1.165, 1.54) is 0 Å². The summed E-state index contributed by atoms with van der Waals surface area (Å²) in [6.45, 7) is 1.43. The second-order valence-corrected chi connectivity index (χ2v) is 7.33. The third-order valence-corrected chi connectivity index (χ3v) is 5.98. The summed E-state index contributed by atoms with van der Waals surface area (Å²) in [6.07, 6.45) is 5.77. The van der Waals surface area contributed by atoms with Crippen molar-refractivity contribution in [1.29, 1.82) is 0 Å². The van der Waals surface area contributed by atoms with E-state index >= 15 is 0 Å². The molecule has 0 radical (unpaired) electrons. The Labute approximate surface area is 110 Å². The lowest BCUT2D eigenvalue weighted by molar-refractivity contribution is 0.186. The quantitative estimate of drug-likeness (QED) is 0.775. The number of nitrogens with zero attached hydrogens (tertiary/aromatic N) is 1. The summed E-state index contributed by atoms with van der Waals surface area (Å²) in [7, 11) is -3.24. The molecule has 2 saturated heterocycles. The highest BCUT2D eigenvalue weighted by atomic mass is 32.2. The molecule has 0 aliphatic carbocycles. The Balaban J connectivity index is 2.05. The molecular weight excluding hydrogens is 252 g/mol. The fraction of sp³-hybridized carbons (Fsp3) is 1.00. The monoisotopic (exact) mass is 276 g/mol. The highest BCUT2D eigenvalue weighted by molar-refractivity contribution is 7.89. The van der Waals surface area contributed by atoms with Gasteiger partial charge in [0.25, 0.3) is 0 Å². The van der Waals surface area contributed by atoms with E-state index in [0.29, 0.717) is 6.54 Å². The SMILES string of the molecule is O=S(=O)(CC1CCCN1)N1CCCCCC1CO. The summed E-state index contributed by atoms with van der Waals surface area (Å²) >= 11 is 0. The zero-order valence-corrected chi connectivity index (χ0v) is 11.7. The average molecular weight is 276 g/mol. The summed E-state index contributed by atoms with van der Waals surface area (Å²) in [5.74, 6) is 0.184. The van der Waals surface area contributed by atoms with Crippen LogP contribution in [0, 0.1) is 0 Å². The first kappa shape index (κ1) is 14.2. The van der Waals surface area contributed by atoms with Crippen LogP contribution in [0.25, 0.3) is 0 Å². The van der Waals surface area contributed by atoms with Gasteiger partial charge in [-0.25, -0.2) is 8.42 Å². The van der Waals surface area contributed by atoms with Crippen LogP contribution in [0.3, 0.4) is 0 Å². The number of aliphatic hydroxyl groups is 1. The van der Waals surface area contributed by atoms with Crippen molar-refractivity contribution < 1.29 is 13.5 Å². The summed E-state index contributed by atoms with van der Waals surface area (Å²) in [5.41, 5.74) is 0. The van der Waals surface area contributed by atoms with Gasteiger partial charge in [-0.2, -0.15) is 4.31 Å². The molecule has 106 valence electrons. The van der Waals surface area contributed by atoms with Gasteiger partial charge >= 0.3 is 0 Å². The van der Waals surface area contributed by atoms with Crippen molar-refractivity contribution in [1.82, 2.24) is 9.62 Å². The highest BCUT2D eigenvalue weighted by Crippen LogP contribution is 2.21. The second-order valence-electron chi connectivity index (χ2n) is 5.37. The van der Waals surface area contributed by atoms with Crippen LogP contribution in [-0.4, -0.2) is 55.4 Å². The van der Waals surface area contributed by atoms with Crippen molar-refractivity contribution in [2.75, 3.05) is 25.4 Å². The van der Waals surface area contributed by atoms with Crippen molar-refractivity contribution >= 4 is 10.0 Å². The Bertz CT molecular complexity index is 352. The number of sulfonamides is 1. The summed E-state index contributed by atoms with van der Waals surface area (Å²) in [4.78, 5) is 0. The van der Waals surface area contributed by atoms with Gasteiger partial charge in [-0.1, -0.05) is 12.8 Å². The number of rotatable bonds is 4. The molecule has 2 unspecified atom stereocenters. The zero-order chi connectivity index (χ0) is 13.0. The lowest BCUT2D eigenvalue weighted by Gasteiger charge is -2.28. The van der Waals surface area contributed by atoms with Crippen LogP contribution < -0.4 is 5.32 Å². The molecule has 0 aromatic carbocycles. The third kappa shape index (κ3) is 3.44. The molecule has 2 atom stereocenters. The number of aliphatic hydroxyl groups excluding tert-OH is 1. The minimum atomic E-state index is -3.24. The van der Waals surface area contributed by atoms with Crippen molar-refractivity contribution in [3.05, 3.63) is 0 Å². The number of hydrogen-bond acceptors (Lipinski definition) is 4. The van der Waals surface area contributed by atoms with Crippen molar-refractivity contribution in [3.63, 3.8) is 0 Å². The van der Waals surface area contributed by atoms with E-state index < -0.39 is 10.0 Å². The predicted molar refractivity (Wildman–Crippen MR) is 70.9 cm³/mol. The smallest absolute Gasteiger partial charge is 0.215 e. The van der Waals surface area contributed by atoms with Crippen molar-refractivity contribution in [2.45, 2.75) is 50.6 Å². The summed E-state index contributed by atoms with van der Waals surface area (Å²) < 4.78 is 26.4. The molecule has 18 heavy (non-hydrogen) atoms. The maximum Gasteiger partial charge on any atom is 0.215 e. The van der Waals surface area contributed by atoms with E-state index in [0.717, 1.165) is 45.1 Å². The van der Waals surface area contributed by atoms with E-state index in [-0.39, 0.29) is 24.4 Å². The topological polar surface area (TPSA) is 69.6 Å². The molecular formula is C12H24N2O3S. The minimum absolute atomic E-state index is 0.0582. The molecule has 0 aromatic rings. The molecule has 0 aromatic heterocycles. The van der Waals surface area contributed by atoms with E-state index in [1.807, 2.05) is 0 Å². The van der Waals surface area contributed by atoms with Crippen LogP contribution in [0.2, 0.25) is 0 Å². The first-order valence-corrected chi connectivity index (χ1v) is 8.58. The summed E-state index contributed by atoms with van der Waals surface area (Å²) in [5, 5.41) is 12.6. The lowest BCUT2D eigenvalue weighted by atomic mass is 10.1. The van der Waals surface area contributed by atoms with Gasteiger partial charge < -0.3 is 10.4 Å². The molecule has 0 spiro atoms. The minimum Gasteiger partial charge on any atom is -0.395 e. The lowest BCUT2D eigenvalue weighted by Crippen LogP contribution is -2.46. The van der Waals surface area contributed by atoms with E-state index in [2.05, 4.69) is 5.32 Å². The maximum atomic E-state index is 12.4. The Kier molecular flexibility index (Phi) is 5.00. The average Bonchev–Trinajstić information content (AvgIpc) is 2.69. The molecule has 2 aliphatic heterocycles. The van der Waals surface area contributed by atoms with Crippen LogP contribution in [0.4, 0.5) is 0 Å². The zero-order valence-electron chi connectivity index (χ0n) is 10.8. The van der Waals surface area contributed by atoms with E-state index in [1.54, 1.807) is 4.31 Å². The molecule has 2 rings (SSSR count). The van der Waals surface area contributed by atoms with Gasteiger partial charge in [0.2, 0.25) is 10.0 Å². The summed E-state index contributed by atoms with van der Waals surface area (Å²) in [6, 6.07) is -0.114. The second kappa shape index (κ2) is 6.32. The molecule has 6 heteroatoms. The fourth-order valence-electron chi connectivity index (χ4n) is 2.95. The molecule has 2 heterocycles. The molecule has 2 N–H and O–H groups in total. The van der Waals surface area contributed by atoms with Crippen molar-refractivity contribution in [3.8, 4) is 0 Å². The Morgan fingerprint density at radius 3 is 2.67 bits per heavy atom. The number of nitrogens with one attached hydrogen (secondary N) is 1. The van der Waals surface area contributed by atoms with Gasteiger partial charge in [0, 0.05) is 18.6 Å². The largest absolute Gasteiger partial charge is 0.395 e. The first-order chi connectivity index (χ1) is 8.63. The van der Waals surface area contributed by atoms with Gasteiger partial charge in [-0.05, 0) is 32.2 Å². The van der Waals surface area contributed by atoms with Crippen LogP contribution in [-0.2, 0) is 10.0 Å². The molecule has 0 amide bonds. The van der Waals surface area contributed by atoms with Gasteiger partial charge in [0.1, 0.15) is 0 Å². The predicted octanol–water partition coefficient (Wildman–Crippen LogP) is 0.305. The normalized spacial score (nSPS) is 31.4. The van der Waals surface area contributed by atoms with Gasteiger partial charge in [-0.3, -0.25) is 0 Å². The van der Waals surface area contributed by atoms with Crippen molar-refractivity contribution in [2.24, 2.45) is 0 Å². The van der Waals surface area contributed by atoms with Gasteiger partial charge in [-0.15, -0.1) is 0 Å². The van der Waals surface area contributed by atoms with Crippen LogP contribution >= 0.6 is 0 Å². The van der Waals surface area contributed by atoms with Gasteiger partial charge in [0.15, 0.2) is 0 Å². The Morgan fingerprint density at radius 2 is 2.00 bits per heavy atom. The highest BCUT2D eigenvalue weighted by Gasteiger charge is 2.33. The maximum absolute atomic E-state index is 12.4. The van der Waals surface area contributed by atoms with Crippen LogP contribution in [0.15, 0.2) is 0 Å². The molecule has 0 saturated carbocycles. The Morgan fingerprint density at radius 1 is 1.17 bits per heavy atom. The number of hydrogen-bond donors (Lipinski definition) is 2. The van der Waals surface area contributed by atoms with Crippen LogP contribution in [0.1, 0.15) is 38.5 Å². The van der Waals surface area contributed by atoms with E-state index in [4.69, 9.17) is 0 Å². The first-order valence-electron chi connectivity index (χ1n) is 6.97. The Hall–Kier alpha value is -0.170. The van der Waals surface area contributed by atoms with Crippen LogP contribution in [0.5, 0.6) is 0 Å². The van der Waals surface area contributed by atoms with Gasteiger partial charge in [0.05, 0.1) is 12.4 Å². The molecule has 2 aliphatic rings. The van der Waals surface area contributed by atoms with E-state index in [9.17, 15) is 13.5 Å².